The van der Waals surface area contributed by atoms with Gasteiger partial charge in [0.1, 0.15) is 18.2 Å². The van der Waals surface area contributed by atoms with Gasteiger partial charge in [0, 0.05) is 25.2 Å². The van der Waals surface area contributed by atoms with Crippen LogP contribution in [0.25, 0.3) is 0 Å². The van der Waals surface area contributed by atoms with Crippen LogP contribution in [0.1, 0.15) is 31.0 Å². The summed E-state index contributed by atoms with van der Waals surface area (Å²) < 4.78 is 21.4. The van der Waals surface area contributed by atoms with Crippen LogP contribution in [-0.4, -0.2) is 15.6 Å². The average molecular weight is 289 g/mol. The maximum atomic E-state index is 13.7. The summed E-state index contributed by atoms with van der Waals surface area (Å²) in [6.45, 7) is 3.98. The zero-order chi connectivity index (χ0) is 14.7. The van der Waals surface area contributed by atoms with E-state index in [4.69, 9.17) is 4.74 Å². The van der Waals surface area contributed by atoms with Crippen molar-refractivity contribution in [3.8, 4) is 5.75 Å². The SMILES string of the molecule is CCn1cncc1COc1cc(F)cc(CNC2CC2)c1. The lowest BCUT2D eigenvalue weighted by Crippen LogP contribution is -2.15. The van der Waals surface area contributed by atoms with Crippen LogP contribution in [0.5, 0.6) is 5.75 Å². The molecule has 0 unspecified atom stereocenters. The molecule has 1 fully saturated rings. The van der Waals surface area contributed by atoms with Crippen molar-refractivity contribution in [1.29, 1.82) is 0 Å². The molecule has 3 rings (SSSR count). The summed E-state index contributed by atoms with van der Waals surface area (Å²) in [6, 6.07) is 5.48. The fourth-order valence-electron chi connectivity index (χ4n) is 2.27. The molecule has 0 aliphatic heterocycles. The van der Waals surface area contributed by atoms with Crippen LogP contribution in [0.3, 0.4) is 0 Å². The molecule has 0 atom stereocenters. The van der Waals surface area contributed by atoms with E-state index in [1.54, 1.807) is 18.6 Å². The predicted octanol–water partition coefficient (Wildman–Crippen LogP) is 2.87. The Balaban J connectivity index is 1.63. The van der Waals surface area contributed by atoms with Crippen LogP contribution in [0.15, 0.2) is 30.7 Å². The van der Waals surface area contributed by atoms with Crippen molar-refractivity contribution in [1.82, 2.24) is 14.9 Å². The first-order valence-electron chi connectivity index (χ1n) is 7.39. The van der Waals surface area contributed by atoms with Gasteiger partial charge in [0.15, 0.2) is 0 Å². The molecule has 4 nitrogen and oxygen atoms in total. The lowest BCUT2D eigenvalue weighted by molar-refractivity contribution is 0.293. The third-order valence-electron chi connectivity index (χ3n) is 3.63. The van der Waals surface area contributed by atoms with E-state index in [1.165, 1.54) is 18.9 Å². The summed E-state index contributed by atoms with van der Waals surface area (Å²) in [5.74, 6) is 0.301. The second-order valence-corrected chi connectivity index (χ2v) is 5.41. The van der Waals surface area contributed by atoms with E-state index < -0.39 is 0 Å². The highest BCUT2D eigenvalue weighted by molar-refractivity contribution is 5.30. The molecule has 1 aromatic heterocycles. The summed E-state index contributed by atoms with van der Waals surface area (Å²) in [7, 11) is 0. The molecular weight excluding hydrogens is 269 g/mol. The normalized spacial score (nSPS) is 14.4. The Morgan fingerprint density at radius 3 is 3.00 bits per heavy atom. The van der Waals surface area contributed by atoms with Crippen molar-refractivity contribution in [2.75, 3.05) is 0 Å². The van der Waals surface area contributed by atoms with Crippen LogP contribution in [0.2, 0.25) is 0 Å². The molecule has 0 amide bonds. The van der Waals surface area contributed by atoms with Gasteiger partial charge in [-0.25, -0.2) is 9.37 Å². The van der Waals surface area contributed by atoms with E-state index in [0.29, 0.717) is 24.9 Å². The Hall–Kier alpha value is -1.88. The molecule has 0 bridgehead atoms. The van der Waals surface area contributed by atoms with E-state index >= 15 is 0 Å². The van der Waals surface area contributed by atoms with Crippen LogP contribution in [-0.2, 0) is 19.7 Å². The summed E-state index contributed by atoms with van der Waals surface area (Å²) in [5, 5.41) is 3.38. The van der Waals surface area contributed by atoms with E-state index in [2.05, 4.69) is 17.2 Å². The molecule has 1 aliphatic rings. The molecule has 112 valence electrons. The second-order valence-electron chi connectivity index (χ2n) is 5.41. The Bertz CT molecular complexity index is 607. The van der Waals surface area contributed by atoms with E-state index in [-0.39, 0.29) is 5.82 Å². The highest BCUT2D eigenvalue weighted by atomic mass is 19.1. The number of aryl methyl sites for hydroxylation is 1. The molecule has 5 heteroatoms. The summed E-state index contributed by atoms with van der Waals surface area (Å²) in [5.41, 5.74) is 1.90. The smallest absolute Gasteiger partial charge is 0.130 e. The number of aromatic nitrogens is 2. The fraction of sp³-hybridized carbons (Fsp3) is 0.438. The third-order valence-corrected chi connectivity index (χ3v) is 3.63. The molecule has 1 saturated carbocycles. The van der Waals surface area contributed by atoms with E-state index in [9.17, 15) is 4.39 Å². The minimum Gasteiger partial charge on any atom is -0.487 e. The van der Waals surface area contributed by atoms with Crippen LogP contribution >= 0.6 is 0 Å². The zero-order valence-electron chi connectivity index (χ0n) is 12.2. The summed E-state index contributed by atoms with van der Waals surface area (Å²) >= 11 is 0. The number of halogens is 1. The van der Waals surface area contributed by atoms with Crippen molar-refractivity contribution < 1.29 is 9.13 Å². The Morgan fingerprint density at radius 2 is 2.24 bits per heavy atom. The molecule has 0 saturated heterocycles. The highest BCUT2D eigenvalue weighted by Gasteiger charge is 2.20. The standard InChI is InChI=1S/C16H20FN3O/c1-2-20-11-18-9-15(20)10-21-16-6-12(5-13(17)7-16)8-19-14-3-4-14/h5-7,9,11,14,19H,2-4,8,10H2,1H3. The van der Waals surface area contributed by atoms with Crippen LogP contribution in [0.4, 0.5) is 4.39 Å². The Morgan fingerprint density at radius 1 is 1.38 bits per heavy atom. The van der Waals surface area contributed by atoms with Crippen molar-refractivity contribution >= 4 is 0 Å². The molecule has 1 aliphatic carbocycles. The highest BCUT2D eigenvalue weighted by Crippen LogP contribution is 2.21. The number of imidazole rings is 1. The number of rotatable bonds is 7. The van der Waals surface area contributed by atoms with Crippen molar-refractivity contribution in [3.63, 3.8) is 0 Å². The first-order valence-corrected chi connectivity index (χ1v) is 7.39. The van der Waals surface area contributed by atoms with Gasteiger partial charge in [0.25, 0.3) is 0 Å². The molecule has 1 N–H and O–H groups in total. The Labute approximate surface area is 124 Å². The van der Waals surface area contributed by atoms with Gasteiger partial charge in [-0.2, -0.15) is 0 Å². The summed E-state index contributed by atoms with van der Waals surface area (Å²) in [6.07, 6.45) is 5.99. The minimum absolute atomic E-state index is 0.260. The van der Waals surface area contributed by atoms with Gasteiger partial charge < -0.3 is 14.6 Å². The number of ether oxygens (including phenoxy) is 1. The Kier molecular flexibility index (Phi) is 4.20. The molecule has 2 aromatic rings. The van der Waals surface area contributed by atoms with Gasteiger partial charge in [0.05, 0.1) is 18.2 Å². The van der Waals surface area contributed by atoms with Crippen LogP contribution < -0.4 is 10.1 Å². The molecule has 1 aromatic carbocycles. The number of hydrogen-bond donors (Lipinski definition) is 1. The predicted molar refractivity (Wildman–Crippen MR) is 78.5 cm³/mol. The van der Waals surface area contributed by atoms with Crippen LogP contribution in [0, 0.1) is 5.82 Å². The first-order chi connectivity index (χ1) is 10.2. The topological polar surface area (TPSA) is 39.1 Å². The van der Waals surface area contributed by atoms with E-state index in [0.717, 1.165) is 17.8 Å². The molecular formula is C16H20FN3O. The maximum absolute atomic E-state index is 13.7. The van der Waals surface area contributed by atoms with E-state index in [1.807, 2.05) is 10.6 Å². The average Bonchev–Trinajstić information content (AvgIpc) is 3.19. The molecule has 0 radical (unpaired) electrons. The molecule has 0 spiro atoms. The largest absolute Gasteiger partial charge is 0.487 e. The molecule has 21 heavy (non-hydrogen) atoms. The van der Waals surface area contributed by atoms with Crippen molar-refractivity contribution in [3.05, 3.63) is 47.8 Å². The van der Waals surface area contributed by atoms with Gasteiger partial charge in [0.2, 0.25) is 0 Å². The monoisotopic (exact) mass is 289 g/mol. The lowest BCUT2D eigenvalue weighted by atomic mass is 10.2. The zero-order valence-corrected chi connectivity index (χ0v) is 12.2. The number of hydrogen-bond acceptors (Lipinski definition) is 3. The first kappa shape index (κ1) is 14.1. The quantitative estimate of drug-likeness (QED) is 0.852. The van der Waals surface area contributed by atoms with Gasteiger partial charge in [-0.1, -0.05) is 0 Å². The van der Waals surface area contributed by atoms with Gasteiger partial charge in [-0.15, -0.1) is 0 Å². The second kappa shape index (κ2) is 6.26. The fourth-order valence-corrected chi connectivity index (χ4v) is 2.27. The van der Waals surface area contributed by atoms with Crippen molar-refractivity contribution in [2.45, 2.75) is 45.5 Å². The van der Waals surface area contributed by atoms with Gasteiger partial charge >= 0.3 is 0 Å². The number of nitrogens with zero attached hydrogens (tertiary/aromatic N) is 2. The minimum atomic E-state index is -0.260. The summed E-state index contributed by atoms with van der Waals surface area (Å²) in [4.78, 5) is 4.10. The van der Waals surface area contributed by atoms with Crippen molar-refractivity contribution in [2.24, 2.45) is 0 Å². The third kappa shape index (κ3) is 3.82. The number of benzene rings is 1. The molecule has 1 heterocycles. The van der Waals surface area contributed by atoms with Gasteiger partial charge in [-0.3, -0.25) is 0 Å². The maximum Gasteiger partial charge on any atom is 0.130 e. The number of nitrogens with one attached hydrogen (secondary N) is 1. The van der Waals surface area contributed by atoms with Gasteiger partial charge in [-0.05, 0) is 37.5 Å². The lowest BCUT2D eigenvalue weighted by Gasteiger charge is -2.10.